The molecule has 0 saturated carbocycles. The molecule has 0 radical (unpaired) electrons. The first-order valence-electron chi connectivity index (χ1n) is 9.84. The summed E-state index contributed by atoms with van der Waals surface area (Å²) in [6.07, 6.45) is 2.94. The number of hydrogen-bond donors (Lipinski definition) is 0. The lowest BCUT2D eigenvalue weighted by molar-refractivity contribution is -0.143. The average molecular weight is 467 g/mol. The lowest BCUT2D eigenvalue weighted by Gasteiger charge is -2.33. The number of carbonyl (C=O) groups is 2. The maximum absolute atomic E-state index is 12.3. The topological polar surface area (TPSA) is 86.6 Å². The van der Waals surface area contributed by atoms with Crippen LogP contribution in [0.15, 0.2) is 16.7 Å². The van der Waals surface area contributed by atoms with Crippen LogP contribution in [0.4, 0.5) is 4.79 Å². The van der Waals surface area contributed by atoms with E-state index >= 15 is 0 Å². The number of rotatable bonds is 4. The van der Waals surface area contributed by atoms with Crippen molar-refractivity contribution in [2.75, 3.05) is 19.7 Å². The molecule has 2 aromatic heterocycles. The van der Waals surface area contributed by atoms with Crippen LogP contribution in [0.1, 0.15) is 52.1 Å². The van der Waals surface area contributed by atoms with Gasteiger partial charge in [-0.15, -0.1) is 0 Å². The summed E-state index contributed by atoms with van der Waals surface area (Å²) >= 11 is 3.60. The molecule has 158 valence electrons. The van der Waals surface area contributed by atoms with Crippen LogP contribution < -0.4 is 0 Å². The van der Waals surface area contributed by atoms with E-state index in [0.29, 0.717) is 25.3 Å². The highest BCUT2D eigenvalue weighted by Gasteiger charge is 2.30. The van der Waals surface area contributed by atoms with Crippen molar-refractivity contribution in [3.8, 4) is 0 Å². The molecule has 1 saturated heterocycles. The third-order valence-corrected chi connectivity index (χ3v) is 5.39. The number of pyridine rings is 1. The summed E-state index contributed by atoms with van der Waals surface area (Å²) in [6, 6.07) is 1.87. The molecule has 0 unspecified atom stereocenters. The quantitative estimate of drug-likeness (QED) is 0.635. The number of fused-ring (bicyclic) bond motifs is 1. The molecule has 8 nitrogen and oxygen atoms in total. The van der Waals surface area contributed by atoms with Crippen molar-refractivity contribution in [2.45, 2.75) is 58.6 Å². The van der Waals surface area contributed by atoms with Gasteiger partial charge in [0.2, 0.25) is 0 Å². The van der Waals surface area contributed by atoms with Gasteiger partial charge in [-0.05, 0) is 62.5 Å². The molecular formula is C20H27BrN4O4. The van der Waals surface area contributed by atoms with Crippen molar-refractivity contribution in [3.63, 3.8) is 0 Å². The Morgan fingerprint density at radius 1 is 1.28 bits per heavy atom. The van der Waals surface area contributed by atoms with Crippen LogP contribution >= 0.6 is 15.9 Å². The van der Waals surface area contributed by atoms with E-state index < -0.39 is 5.60 Å². The van der Waals surface area contributed by atoms with Crippen molar-refractivity contribution in [3.05, 3.63) is 22.4 Å². The first-order chi connectivity index (χ1) is 13.7. The first kappa shape index (κ1) is 21.5. The van der Waals surface area contributed by atoms with Gasteiger partial charge in [0, 0.05) is 29.7 Å². The Balaban J connectivity index is 1.80. The van der Waals surface area contributed by atoms with E-state index in [4.69, 9.17) is 14.6 Å². The number of hydrogen-bond acceptors (Lipinski definition) is 6. The van der Waals surface area contributed by atoms with E-state index in [2.05, 4.69) is 20.9 Å². The number of likely N-dealkylation sites (tertiary alicyclic amines) is 1. The van der Waals surface area contributed by atoms with Gasteiger partial charge in [0.15, 0.2) is 5.65 Å². The number of amides is 1. The standard InChI is InChI=1S/C20H27BrN4O4/c1-5-28-15(26)12-25-18-16(14(21)6-9-22-18)17(23-25)13-7-10-24(11-8-13)19(27)29-20(2,3)4/h6,9,13H,5,7-8,10-12H2,1-4H3. The van der Waals surface area contributed by atoms with Gasteiger partial charge in [-0.25, -0.2) is 14.5 Å². The van der Waals surface area contributed by atoms with E-state index in [1.165, 1.54) is 0 Å². The normalized spacial score (nSPS) is 15.6. The van der Waals surface area contributed by atoms with E-state index in [1.807, 2.05) is 26.8 Å². The first-order valence-corrected chi connectivity index (χ1v) is 10.6. The Morgan fingerprint density at radius 3 is 2.59 bits per heavy atom. The summed E-state index contributed by atoms with van der Waals surface area (Å²) in [5, 5.41) is 5.62. The van der Waals surface area contributed by atoms with Crippen LogP contribution in [0, 0.1) is 0 Å². The number of halogens is 1. The Labute approximate surface area is 178 Å². The van der Waals surface area contributed by atoms with Gasteiger partial charge < -0.3 is 14.4 Å². The van der Waals surface area contributed by atoms with Crippen molar-refractivity contribution in [1.29, 1.82) is 0 Å². The minimum absolute atomic E-state index is 0.0184. The van der Waals surface area contributed by atoms with E-state index in [9.17, 15) is 9.59 Å². The van der Waals surface area contributed by atoms with Gasteiger partial charge >= 0.3 is 12.1 Å². The highest BCUT2D eigenvalue weighted by molar-refractivity contribution is 9.10. The zero-order valence-electron chi connectivity index (χ0n) is 17.3. The van der Waals surface area contributed by atoms with Crippen molar-refractivity contribution in [2.24, 2.45) is 0 Å². The van der Waals surface area contributed by atoms with Gasteiger partial charge in [0.1, 0.15) is 12.1 Å². The fourth-order valence-corrected chi connectivity index (χ4v) is 3.97. The number of piperidine rings is 1. The third kappa shape index (κ3) is 5.07. The predicted octanol–water partition coefficient (Wildman–Crippen LogP) is 3.87. The van der Waals surface area contributed by atoms with Crippen molar-refractivity contribution >= 4 is 39.0 Å². The van der Waals surface area contributed by atoms with Gasteiger partial charge in [-0.1, -0.05) is 0 Å². The Morgan fingerprint density at radius 2 is 1.97 bits per heavy atom. The third-order valence-electron chi connectivity index (χ3n) is 4.73. The van der Waals surface area contributed by atoms with Crippen LogP contribution in [0.3, 0.4) is 0 Å². The molecule has 0 aliphatic carbocycles. The van der Waals surface area contributed by atoms with Gasteiger partial charge in [-0.2, -0.15) is 5.10 Å². The molecule has 29 heavy (non-hydrogen) atoms. The summed E-state index contributed by atoms with van der Waals surface area (Å²) in [4.78, 5) is 30.5. The zero-order valence-corrected chi connectivity index (χ0v) is 18.9. The molecule has 3 heterocycles. The maximum atomic E-state index is 12.3. The summed E-state index contributed by atoms with van der Waals surface area (Å²) < 4.78 is 13.0. The lowest BCUT2D eigenvalue weighted by Crippen LogP contribution is -2.41. The van der Waals surface area contributed by atoms with Gasteiger partial charge in [0.05, 0.1) is 17.7 Å². The van der Waals surface area contributed by atoms with Crippen LogP contribution in [0.25, 0.3) is 11.0 Å². The van der Waals surface area contributed by atoms with Crippen LogP contribution in [0.2, 0.25) is 0 Å². The summed E-state index contributed by atoms with van der Waals surface area (Å²) in [5.74, 6) is -0.176. The minimum Gasteiger partial charge on any atom is -0.465 e. The van der Waals surface area contributed by atoms with Crippen molar-refractivity contribution in [1.82, 2.24) is 19.7 Å². The Bertz CT molecular complexity index is 898. The summed E-state index contributed by atoms with van der Waals surface area (Å²) in [5.41, 5.74) is 1.04. The van der Waals surface area contributed by atoms with E-state index in [-0.39, 0.29) is 24.5 Å². The Kier molecular flexibility index (Phi) is 6.45. The lowest BCUT2D eigenvalue weighted by atomic mass is 9.92. The molecule has 0 atom stereocenters. The number of esters is 1. The molecule has 2 aromatic rings. The second-order valence-corrected chi connectivity index (χ2v) is 8.94. The molecule has 0 N–H and O–H groups in total. The molecule has 0 spiro atoms. The average Bonchev–Trinajstić information content (AvgIpc) is 3.00. The monoisotopic (exact) mass is 466 g/mol. The van der Waals surface area contributed by atoms with Crippen molar-refractivity contribution < 1.29 is 19.1 Å². The maximum Gasteiger partial charge on any atom is 0.410 e. The van der Waals surface area contributed by atoms with E-state index in [1.54, 1.807) is 22.7 Å². The van der Waals surface area contributed by atoms with Crippen LogP contribution in [0.5, 0.6) is 0 Å². The molecular weight excluding hydrogens is 440 g/mol. The zero-order chi connectivity index (χ0) is 21.2. The molecule has 1 aliphatic heterocycles. The predicted molar refractivity (Wildman–Crippen MR) is 112 cm³/mol. The fraction of sp³-hybridized carbons (Fsp3) is 0.600. The highest BCUT2D eigenvalue weighted by Crippen LogP contribution is 2.35. The smallest absolute Gasteiger partial charge is 0.410 e. The fourth-order valence-electron chi connectivity index (χ4n) is 3.47. The molecule has 1 fully saturated rings. The Hall–Kier alpha value is -2.16. The SMILES string of the molecule is CCOC(=O)Cn1nc(C2CCN(C(=O)OC(C)(C)C)CC2)c2c(Br)ccnc21. The van der Waals surface area contributed by atoms with Gasteiger partial charge in [-0.3, -0.25) is 4.79 Å². The second kappa shape index (κ2) is 8.69. The molecule has 1 amide bonds. The molecule has 9 heteroatoms. The largest absolute Gasteiger partial charge is 0.465 e. The second-order valence-electron chi connectivity index (χ2n) is 8.08. The van der Waals surface area contributed by atoms with E-state index in [0.717, 1.165) is 28.4 Å². The summed E-state index contributed by atoms with van der Waals surface area (Å²) in [6.45, 7) is 8.92. The van der Waals surface area contributed by atoms with Gasteiger partial charge in [0.25, 0.3) is 0 Å². The molecule has 0 aromatic carbocycles. The molecule has 0 bridgehead atoms. The number of ether oxygens (including phenoxy) is 2. The van der Waals surface area contributed by atoms with Crippen LogP contribution in [-0.4, -0.2) is 57.0 Å². The number of nitrogens with zero attached hydrogens (tertiary/aromatic N) is 4. The molecule has 3 rings (SSSR count). The minimum atomic E-state index is -0.507. The van der Waals surface area contributed by atoms with Crippen LogP contribution in [-0.2, 0) is 20.8 Å². The summed E-state index contributed by atoms with van der Waals surface area (Å²) in [7, 11) is 0. The number of carbonyl (C=O) groups excluding carboxylic acids is 2. The number of aromatic nitrogens is 3. The highest BCUT2D eigenvalue weighted by atomic mass is 79.9. The molecule has 1 aliphatic rings.